The van der Waals surface area contributed by atoms with Gasteiger partial charge in [-0.3, -0.25) is 9.80 Å². The quantitative estimate of drug-likeness (QED) is 0.741. The van der Waals surface area contributed by atoms with E-state index in [-0.39, 0.29) is 0 Å². The smallest absolute Gasteiger partial charge is 0.0886 e. The van der Waals surface area contributed by atoms with Gasteiger partial charge < -0.3 is 5.73 Å². The summed E-state index contributed by atoms with van der Waals surface area (Å²) in [5, 5.41) is 0. The van der Waals surface area contributed by atoms with E-state index in [9.17, 15) is 0 Å². The minimum atomic E-state index is 0.517. The molecule has 0 amide bonds. The van der Waals surface area contributed by atoms with Gasteiger partial charge in [-0.05, 0) is 36.0 Å². The van der Waals surface area contributed by atoms with Crippen LogP contribution in [-0.4, -0.2) is 36.0 Å². The zero-order chi connectivity index (χ0) is 11.4. The summed E-state index contributed by atoms with van der Waals surface area (Å²) < 4.78 is 0. The Morgan fingerprint density at radius 1 is 0.882 bits per heavy atom. The molecule has 3 nitrogen and oxygen atoms in total. The van der Waals surface area contributed by atoms with Gasteiger partial charge in [-0.15, -0.1) is 0 Å². The molecule has 1 aromatic carbocycles. The van der Waals surface area contributed by atoms with Gasteiger partial charge in [0.15, 0.2) is 0 Å². The Balaban J connectivity index is 1.68. The van der Waals surface area contributed by atoms with Crippen LogP contribution in [0.4, 0.5) is 5.69 Å². The number of hydrogen-bond acceptors (Lipinski definition) is 3. The average molecular weight is 229 g/mol. The Morgan fingerprint density at radius 3 is 1.94 bits per heavy atom. The third kappa shape index (κ3) is 1.49. The number of piperidine rings is 2. The van der Waals surface area contributed by atoms with E-state index in [1.54, 1.807) is 0 Å². The second-order valence-electron chi connectivity index (χ2n) is 5.92. The number of rotatable bonds is 1. The molecule has 4 saturated heterocycles. The molecule has 0 spiro atoms. The molecule has 4 fully saturated rings. The highest BCUT2D eigenvalue weighted by molar-refractivity contribution is 5.40. The lowest BCUT2D eigenvalue weighted by Crippen LogP contribution is -2.63. The maximum absolute atomic E-state index is 5.77. The molecule has 0 radical (unpaired) electrons. The summed E-state index contributed by atoms with van der Waals surface area (Å²) in [6.45, 7) is 5.17. The molecular weight excluding hydrogens is 210 g/mol. The minimum absolute atomic E-state index is 0.517. The highest BCUT2D eigenvalue weighted by atomic mass is 15.4. The highest BCUT2D eigenvalue weighted by Crippen LogP contribution is 2.43. The van der Waals surface area contributed by atoms with Gasteiger partial charge in [-0.25, -0.2) is 0 Å². The molecule has 1 aromatic rings. The number of nitrogen functional groups attached to an aromatic ring is 1. The Hall–Kier alpha value is -1.06. The summed E-state index contributed by atoms with van der Waals surface area (Å²) in [6.07, 6.45) is 1.98. The van der Waals surface area contributed by atoms with Crippen molar-refractivity contribution in [3.05, 3.63) is 29.8 Å². The van der Waals surface area contributed by atoms with Crippen molar-refractivity contribution in [3.63, 3.8) is 0 Å². The molecule has 17 heavy (non-hydrogen) atoms. The van der Waals surface area contributed by atoms with Crippen molar-refractivity contribution < 1.29 is 0 Å². The minimum Gasteiger partial charge on any atom is -0.399 e. The number of anilines is 1. The van der Waals surface area contributed by atoms with Gasteiger partial charge in [0.05, 0.1) is 6.17 Å². The van der Waals surface area contributed by atoms with Crippen LogP contribution in [0.25, 0.3) is 0 Å². The van der Waals surface area contributed by atoms with E-state index in [1.165, 1.54) is 38.2 Å². The zero-order valence-electron chi connectivity index (χ0n) is 10.0. The molecular formula is C14H19N3. The molecule has 0 aromatic heterocycles. The van der Waals surface area contributed by atoms with E-state index in [0.29, 0.717) is 6.17 Å². The molecule has 0 unspecified atom stereocenters. The molecule has 4 aliphatic rings. The second kappa shape index (κ2) is 3.47. The lowest BCUT2D eigenvalue weighted by atomic mass is 9.80. The van der Waals surface area contributed by atoms with Crippen LogP contribution in [0.2, 0.25) is 0 Å². The molecule has 4 aliphatic heterocycles. The second-order valence-corrected chi connectivity index (χ2v) is 5.92. The largest absolute Gasteiger partial charge is 0.399 e. The predicted molar refractivity (Wildman–Crippen MR) is 68.3 cm³/mol. The van der Waals surface area contributed by atoms with Gasteiger partial charge in [0.1, 0.15) is 0 Å². The van der Waals surface area contributed by atoms with E-state index in [0.717, 1.165) is 17.5 Å². The Kier molecular flexibility index (Phi) is 2.02. The monoisotopic (exact) mass is 229 g/mol. The molecule has 0 atom stereocenters. The topological polar surface area (TPSA) is 32.5 Å². The molecule has 3 heteroatoms. The summed E-state index contributed by atoms with van der Waals surface area (Å²) >= 11 is 0. The van der Waals surface area contributed by atoms with Crippen molar-refractivity contribution in [3.8, 4) is 0 Å². The first-order valence-corrected chi connectivity index (χ1v) is 6.63. The zero-order valence-corrected chi connectivity index (χ0v) is 10.0. The van der Waals surface area contributed by atoms with Gasteiger partial charge in [0.2, 0.25) is 0 Å². The number of benzene rings is 1. The average Bonchev–Trinajstić information content (AvgIpc) is 2.30. The first-order valence-electron chi connectivity index (χ1n) is 6.63. The maximum Gasteiger partial charge on any atom is 0.0886 e. The van der Waals surface area contributed by atoms with Gasteiger partial charge in [-0.1, -0.05) is 12.1 Å². The maximum atomic E-state index is 5.77. The number of nitrogens with zero attached hydrogens (tertiary/aromatic N) is 2. The van der Waals surface area contributed by atoms with Gasteiger partial charge >= 0.3 is 0 Å². The standard InChI is InChI=1S/C14H19N3/c15-13-3-1-12(2-4-13)14-16-6-10-5-11(8-16)9-17(14)7-10/h1-4,10-11,14H,5-9,15H2. The van der Waals surface area contributed by atoms with Gasteiger partial charge in [-0.2, -0.15) is 0 Å². The first kappa shape index (κ1) is 9.92. The molecule has 4 heterocycles. The van der Waals surface area contributed by atoms with Crippen molar-refractivity contribution in [2.75, 3.05) is 31.9 Å². The molecule has 0 aliphatic carbocycles. The highest BCUT2D eigenvalue weighted by Gasteiger charge is 2.45. The van der Waals surface area contributed by atoms with Crippen LogP contribution in [0.15, 0.2) is 24.3 Å². The van der Waals surface area contributed by atoms with Crippen LogP contribution in [-0.2, 0) is 0 Å². The van der Waals surface area contributed by atoms with E-state index >= 15 is 0 Å². The lowest BCUT2D eigenvalue weighted by molar-refractivity contribution is -0.125. The molecule has 2 N–H and O–H groups in total. The van der Waals surface area contributed by atoms with E-state index in [4.69, 9.17) is 5.73 Å². The SMILES string of the molecule is Nc1ccc(C2N3CC4CC(C3)CN2C4)cc1. The predicted octanol–water partition coefficient (Wildman–Crippen LogP) is 1.53. The van der Waals surface area contributed by atoms with Gasteiger partial charge in [0, 0.05) is 31.9 Å². The summed E-state index contributed by atoms with van der Waals surface area (Å²) in [7, 11) is 0. The third-order valence-corrected chi connectivity index (χ3v) is 4.56. The first-order chi connectivity index (χ1) is 8.29. The van der Waals surface area contributed by atoms with Crippen LogP contribution in [0.1, 0.15) is 18.2 Å². The van der Waals surface area contributed by atoms with E-state index < -0.39 is 0 Å². The number of hydrogen-bond donors (Lipinski definition) is 1. The number of nitrogens with two attached hydrogens (primary N) is 1. The lowest BCUT2D eigenvalue weighted by Gasteiger charge is -2.58. The Labute approximate surface area is 102 Å². The van der Waals surface area contributed by atoms with Crippen molar-refractivity contribution >= 4 is 5.69 Å². The molecule has 5 rings (SSSR count). The summed E-state index contributed by atoms with van der Waals surface area (Å²) in [5.41, 5.74) is 8.05. The van der Waals surface area contributed by atoms with Crippen molar-refractivity contribution in [2.45, 2.75) is 12.6 Å². The van der Waals surface area contributed by atoms with Crippen LogP contribution in [0, 0.1) is 11.8 Å². The van der Waals surface area contributed by atoms with Crippen LogP contribution in [0.3, 0.4) is 0 Å². The van der Waals surface area contributed by atoms with Crippen LogP contribution >= 0.6 is 0 Å². The van der Waals surface area contributed by atoms with Crippen molar-refractivity contribution in [1.82, 2.24) is 9.80 Å². The Bertz CT molecular complexity index is 398. The Morgan fingerprint density at radius 2 is 1.41 bits per heavy atom. The van der Waals surface area contributed by atoms with Crippen LogP contribution in [0.5, 0.6) is 0 Å². The summed E-state index contributed by atoms with van der Waals surface area (Å²) in [5.74, 6) is 1.85. The fraction of sp³-hybridized carbons (Fsp3) is 0.571. The van der Waals surface area contributed by atoms with Crippen LogP contribution < -0.4 is 5.73 Å². The fourth-order valence-electron chi connectivity index (χ4n) is 4.08. The van der Waals surface area contributed by atoms with Crippen molar-refractivity contribution in [2.24, 2.45) is 11.8 Å². The summed E-state index contributed by atoms with van der Waals surface area (Å²) in [4.78, 5) is 5.33. The van der Waals surface area contributed by atoms with Crippen molar-refractivity contribution in [1.29, 1.82) is 0 Å². The normalized spacial score (nSPS) is 42.9. The molecule has 0 saturated carbocycles. The molecule has 4 bridgehead atoms. The van der Waals surface area contributed by atoms with E-state index in [2.05, 4.69) is 21.9 Å². The van der Waals surface area contributed by atoms with E-state index in [1.807, 2.05) is 12.1 Å². The fourth-order valence-corrected chi connectivity index (χ4v) is 4.08. The third-order valence-electron chi connectivity index (χ3n) is 4.56. The van der Waals surface area contributed by atoms with Gasteiger partial charge in [0.25, 0.3) is 0 Å². The molecule has 90 valence electrons. The summed E-state index contributed by atoms with van der Waals surface area (Å²) in [6, 6.07) is 8.45.